The first-order valence-electron chi connectivity index (χ1n) is 6.83. The number of carbonyl (C=O) groups excluding carboxylic acids is 1. The Morgan fingerprint density at radius 1 is 0.905 bits per heavy atom. The van der Waals surface area contributed by atoms with Crippen LogP contribution in [-0.4, -0.2) is 5.78 Å². The molecule has 0 bridgehead atoms. The molecule has 0 N–H and O–H groups in total. The molecule has 1 nitrogen and oxygen atoms in total. The first kappa shape index (κ1) is 16.3. The van der Waals surface area contributed by atoms with Crippen molar-refractivity contribution in [2.75, 3.05) is 0 Å². The molecule has 0 aliphatic rings. The van der Waals surface area contributed by atoms with E-state index in [2.05, 4.69) is 36.7 Å². The fourth-order valence-electron chi connectivity index (χ4n) is 2.65. The molecule has 21 heavy (non-hydrogen) atoms. The molecular formula is C18H18BrClO. The van der Waals surface area contributed by atoms with Gasteiger partial charge in [-0.15, -0.1) is 0 Å². The highest BCUT2D eigenvalue weighted by Crippen LogP contribution is 2.32. The van der Waals surface area contributed by atoms with Crippen LogP contribution in [-0.2, 0) is 0 Å². The summed E-state index contributed by atoms with van der Waals surface area (Å²) in [4.78, 5) is 13.0. The molecule has 0 fully saturated rings. The molecule has 2 aromatic carbocycles. The van der Waals surface area contributed by atoms with Gasteiger partial charge in [0.05, 0.1) is 5.02 Å². The van der Waals surface area contributed by atoms with Crippen molar-refractivity contribution in [1.29, 1.82) is 0 Å². The molecule has 110 valence electrons. The van der Waals surface area contributed by atoms with Crippen molar-refractivity contribution >= 4 is 33.3 Å². The second-order valence-electron chi connectivity index (χ2n) is 5.43. The van der Waals surface area contributed by atoms with E-state index in [-0.39, 0.29) is 5.78 Å². The topological polar surface area (TPSA) is 17.1 Å². The SMILES string of the molecule is Cc1c(C)c(C)c(C(=O)c2cccc(Br)c2Cl)c(C)c1C. The Bertz CT molecular complexity index is 718. The van der Waals surface area contributed by atoms with E-state index in [0.717, 1.165) is 21.2 Å². The van der Waals surface area contributed by atoms with E-state index in [1.54, 1.807) is 6.07 Å². The van der Waals surface area contributed by atoms with Crippen molar-refractivity contribution in [3.63, 3.8) is 0 Å². The van der Waals surface area contributed by atoms with Gasteiger partial charge in [0.2, 0.25) is 0 Å². The van der Waals surface area contributed by atoms with Crippen LogP contribution in [0.4, 0.5) is 0 Å². The molecule has 0 aliphatic carbocycles. The Morgan fingerprint density at radius 2 is 1.38 bits per heavy atom. The fourth-order valence-corrected chi connectivity index (χ4v) is 3.23. The smallest absolute Gasteiger partial charge is 0.195 e. The molecule has 0 radical (unpaired) electrons. The molecule has 0 atom stereocenters. The molecule has 0 aliphatic heterocycles. The average molecular weight is 366 g/mol. The van der Waals surface area contributed by atoms with Crippen LogP contribution in [0.3, 0.4) is 0 Å². The molecule has 0 saturated carbocycles. The molecule has 0 aromatic heterocycles. The van der Waals surface area contributed by atoms with E-state index in [1.807, 2.05) is 26.0 Å². The normalized spacial score (nSPS) is 10.8. The molecule has 0 amide bonds. The number of halogens is 2. The Labute approximate surface area is 139 Å². The Hall–Kier alpha value is -1.12. The summed E-state index contributed by atoms with van der Waals surface area (Å²) < 4.78 is 0.742. The van der Waals surface area contributed by atoms with Crippen molar-refractivity contribution < 1.29 is 4.79 Å². The van der Waals surface area contributed by atoms with Gasteiger partial charge in [-0.1, -0.05) is 17.7 Å². The highest BCUT2D eigenvalue weighted by molar-refractivity contribution is 9.10. The highest BCUT2D eigenvalue weighted by atomic mass is 79.9. The van der Waals surface area contributed by atoms with Crippen LogP contribution in [0.1, 0.15) is 43.7 Å². The zero-order valence-electron chi connectivity index (χ0n) is 12.9. The average Bonchev–Trinajstić information content (AvgIpc) is 2.46. The fraction of sp³-hybridized carbons (Fsp3) is 0.278. The van der Waals surface area contributed by atoms with Gasteiger partial charge in [0.1, 0.15) is 0 Å². The zero-order chi connectivity index (χ0) is 15.9. The van der Waals surface area contributed by atoms with E-state index in [0.29, 0.717) is 10.6 Å². The van der Waals surface area contributed by atoms with Crippen LogP contribution in [0, 0.1) is 34.6 Å². The lowest BCUT2D eigenvalue weighted by Gasteiger charge is -2.18. The minimum atomic E-state index is -0.0116. The largest absolute Gasteiger partial charge is 0.289 e. The summed E-state index contributed by atoms with van der Waals surface area (Å²) in [6, 6.07) is 5.45. The van der Waals surface area contributed by atoms with Crippen LogP contribution in [0.5, 0.6) is 0 Å². The summed E-state index contributed by atoms with van der Waals surface area (Å²) in [5.74, 6) is -0.0116. The number of benzene rings is 2. The minimum Gasteiger partial charge on any atom is -0.289 e. The van der Waals surface area contributed by atoms with E-state index in [1.165, 1.54) is 16.7 Å². The molecule has 0 saturated heterocycles. The lowest BCUT2D eigenvalue weighted by Crippen LogP contribution is -2.11. The maximum absolute atomic E-state index is 13.0. The number of ketones is 1. The van der Waals surface area contributed by atoms with Gasteiger partial charge in [0.25, 0.3) is 0 Å². The number of rotatable bonds is 2. The third kappa shape index (κ3) is 2.67. The van der Waals surface area contributed by atoms with Crippen molar-refractivity contribution in [1.82, 2.24) is 0 Å². The second kappa shape index (κ2) is 5.94. The Kier molecular flexibility index (Phi) is 4.60. The van der Waals surface area contributed by atoms with Crippen LogP contribution in [0.2, 0.25) is 5.02 Å². The maximum atomic E-state index is 13.0. The lowest BCUT2D eigenvalue weighted by molar-refractivity contribution is 0.103. The van der Waals surface area contributed by atoms with E-state index in [9.17, 15) is 4.79 Å². The quantitative estimate of drug-likeness (QED) is 0.608. The first-order chi connectivity index (χ1) is 9.77. The standard InChI is InChI=1S/C18H18BrClO/c1-9-10(2)12(4)16(13(5)11(9)3)18(21)14-7-6-8-15(19)17(14)20/h6-8H,1-5H3. The van der Waals surface area contributed by atoms with Crippen LogP contribution in [0.25, 0.3) is 0 Å². The maximum Gasteiger partial charge on any atom is 0.195 e. The second-order valence-corrected chi connectivity index (χ2v) is 6.66. The predicted molar refractivity (Wildman–Crippen MR) is 92.7 cm³/mol. The van der Waals surface area contributed by atoms with Gasteiger partial charge >= 0.3 is 0 Å². The van der Waals surface area contributed by atoms with Gasteiger partial charge in [0.15, 0.2) is 5.78 Å². The van der Waals surface area contributed by atoms with Crippen LogP contribution >= 0.6 is 27.5 Å². The highest BCUT2D eigenvalue weighted by Gasteiger charge is 2.21. The summed E-state index contributed by atoms with van der Waals surface area (Å²) >= 11 is 9.67. The molecule has 0 heterocycles. The van der Waals surface area contributed by atoms with Crippen molar-refractivity contribution in [3.05, 3.63) is 66.6 Å². The summed E-state index contributed by atoms with van der Waals surface area (Å²) in [6.45, 7) is 10.2. The molecule has 2 rings (SSSR count). The zero-order valence-corrected chi connectivity index (χ0v) is 15.2. The number of carbonyl (C=O) groups is 1. The third-order valence-electron chi connectivity index (χ3n) is 4.42. The first-order valence-corrected chi connectivity index (χ1v) is 8.00. The predicted octanol–water partition coefficient (Wildman–Crippen LogP) is 5.88. The molecule has 3 heteroatoms. The van der Waals surface area contributed by atoms with E-state index >= 15 is 0 Å². The summed E-state index contributed by atoms with van der Waals surface area (Å²) in [5, 5.41) is 0.470. The lowest BCUT2D eigenvalue weighted by atomic mass is 9.86. The van der Waals surface area contributed by atoms with E-state index in [4.69, 9.17) is 11.6 Å². The van der Waals surface area contributed by atoms with Crippen molar-refractivity contribution in [3.8, 4) is 0 Å². The van der Waals surface area contributed by atoms with Gasteiger partial charge in [-0.2, -0.15) is 0 Å². The molecular weight excluding hydrogens is 348 g/mol. The van der Waals surface area contributed by atoms with Crippen LogP contribution in [0.15, 0.2) is 22.7 Å². The molecule has 2 aromatic rings. The Morgan fingerprint density at radius 3 is 1.90 bits per heavy atom. The monoisotopic (exact) mass is 364 g/mol. The molecule has 0 unspecified atom stereocenters. The van der Waals surface area contributed by atoms with Gasteiger partial charge in [-0.05, 0) is 90.5 Å². The summed E-state index contributed by atoms with van der Waals surface area (Å²) in [5.41, 5.74) is 6.99. The number of hydrogen-bond acceptors (Lipinski definition) is 1. The van der Waals surface area contributed by atoms with Crippen molar-refractivity contribution in [2.24, 2.45) is 0 Å². The Balaban J connectivity index is 2.73. The molecule has 0 spiro atoms. The van der Waals surface area contributed by atoms with Gasteiger partial charge in [-0.25, -0.2) is 0 Å². The third-order valence-corrected chi connectivity index (χ3v) is 5.72. The van der Waals surface area contributed by atoms with Gasteiger partial charge in [0, 0.05) is 15.6 Å². The summed E-state index contributed by atoms with van der Waals surface area (Å²) in [6.07, 6.45) is 0. The van der Waals surface area contributed by atoms with Gasteiger partial charge in [-0.3, -0.25) is 4.79 Å². The minimum absolute atomic E-state index is 0.0116. The number of hydrogen-bond donors (Lipinski definition) is 0. The van der Waals surface area contributed by atoms with Crippen molar-refractivity contribution in [2.45, 2.75) is 34.6 Å². The summed E-state index contributed by atoms with van der Waals surface area (Å²) in [7, 11) is 0. The van der Waals surface area contributed by atoms with E-state index < -0.39 is 0 Å². The van der Waals surface area contributed by atoms with Crippen LogP contribution < -0.4 is 0 Å². The van der Waals surface area contributed by atoms with Gasteiger partial charge < -0.3 is 0 Å².